The van der Waals surface area contributed by atoms with E-state index in [0.29, 0.717) is 5.69 Å². The minimum absolute atomic E-state index is 0.000437. The van der Waals surface area contributed by atoms with Crippen LogP contribution in [0.25, 0.3) is 105 Å². The topological polar surface area (TPSA) is 14.7 Å². The number of fused-ring (bicyclic) bond motifs is 16. The van der Waals surface area contributed by atoms with E-state index < -0.39 is 48.4 Å². The average molecular weight is 1600 g/mol. The molecule has 0 unspecified atom stereocenters. The molecule has 0 radical (unpaired) electrons. The number of para-hydroxylation sites is 4. The molecule has 0 atom stereocenters. The molecule has 598 valence electrons. The van der Waals surface area contributed by atoms with Crippen LogP contribution in [0.15, 0.2) is 382 Å². The first-order valence-electron chi connectivity index (χ1n) is 47.5. The second kappa shape index (κ2) is 28.6. The molecule has 5 heteroatoms. The molecular formula is C119H99BN4. The maximum atomic E-state index is 10.1. The van der Waals surface area contributed by atoms with Gasteiger partial charge in [-0.05, 0) is 235 Å². The molecule has 1 aliphatic carbocycles. The Morgan fingerprint density at radius 3 is 1.08 bits per heavy atom. The summed E-state index contributed by atoms with van der Waals surface area (Å²) in [6, 6.07) is 120. The molecule has 3 aliphatic heterocycles. The van der Waals surface area contributed by atoms with Crippen molar-refractivity contribution >= 4 is 96.1 Å². The van der Waals surface area contributed by atoms with E-state index in [2.05, 4.69) is 425 Å². The maximum absolute atomic E-state index is 10.1. The van der Waals surface area contributed by atoms with Crippen molar-refractivity contribution in [3.05, 3.63) is 426 Å². The van der Waals surface area contributed by atoms with Gasteiger partial charge in [-0.1, -0.05) is 368 Å². The van der Waals surface area contributed by atoms with Crippen LogP contribution >= 0.6 is 0 Å². The van der Waals surface area contributed by atoms with Gasteiger partial charge in [-0.2, -0.15) is 0 Å². The summed E-state index contributed by atoms with van der Waals surface area (Å²) < 4.78 is 79.2. The van der Waals surface area contributed by atoms with Gasteiger partial charge in [0.05, 0.1) is 50.2 Å². The lowest BCUT2D eigenvalue weighted by Gasteiger charge is -2.46. The summed E-state index contributed by atoms with van der Waals surface area (Å²) in [5.41, 5.74) is 33.8. The van der Waals surface area contributed by atoms with Crippen molar-refractivity contribution in [2.24, 2.45) is 0 Å². The molecule has 0 amide bonds. The predicted molar refractivity (Wildman–Crippen MR) is 528 cm³/mol. The van der Waals surface area contributed by atoms with E-state index in [1.807, 2.05) is 6.07 Å². The van der Waals surface area contributed by atoms with Crippen LogP contribution in [0.4, 0.5) is 51.2 Å². The molecule has 4 aliphatic rings. The summed E-state index contributed by atoms with van der Waals surface area (Å²) in [6.45, 7) is 27.0. The van der Waals surface area contributed by atoms with Crippen molar-refractivity contribution in [3.63, 3.8) is 0 Å². The minimum atomic E-state index is -0.847. The lowest BCUT2D eigenvalue weighted by atomic mass is 9.33. The molecular weight excluding hydrogens is 1500 g/mol. The van der Waals surface area contributed by atoms with Gasteiger partial charge < -0.3 is 19.3 Å². The molecule has 22 rings (SSSR count). The minimum Gasteiger partial charge on any atom is -0.310 e. The zero-order valence-electron chi connectivity index (χ0n) is 80.1. The van der Waals surface area contributed by atoms with Gasteiger partial charge >= 0.3 is 0 Å². The Labute approximate surface area is 742 Å². The van der Waals surface area contributed by atoms with Crippen molar-refractivity contribution < 1.29 is 11.0 Å². The Hall–Kier alpha value is -14.0. The Morgan fingerprint density at radius 2 is 0.613 bits per heavy atom. The molecule has 4 nitrogen and oxygen atoms in total. The molecule has 1 aromatic heterocycles. The lowest BCUT2D eigenvalue weighted by Crippen LogP contribution is -2.61. The van der Waals surface area contributed by atoms with Gasteiger partial charge in [0.1, 0.15) is 0 Å². The summed E-state index contributed by atoms with van der Waals surface area (Å²) in [5.74, 6) is 0. The smallest absolute Gasteiger partial charge is 0.252 e. The normalized spacial score (nSPS) is 14.5. The van der Waals surface area contributed by atoms with E-state index in [0.717, 1.165) is 151 Å². The van der Waals surface area contributed by atoms with E-state index in [4.69, 9.17) is 0 Å². The summed E-state index contributed by atoms with van der Waals surface area (Å²) in [4.78, 5) is 7.62. The first kappa shape index (κ1) is 67.6. The van der Waals surface area contributed by atoms with Crippen LogP contribution < -0.4 is 31.1 Å². The van der Waals surface area contributed by atoms with Gasteiger partial charge in [-0.25, -0.2) is 0 Å². The van der Waals surface area contributed by atoms with E-state index >= 15 is 0 Å². The Morgan fingerprint density at radius 1 is 0.250 bits per heavy atom. The second-order valence-electron chi connectivity index (χ2n) is 38.2. The molecule has 4 heterocycles. The Kier molecular flexibility index (Phi) is 15.6. The summed E-state index contributed by atoms with van der Waals surface area (Å²) >= 11 is 0. The number of benzene rings is 17. The molecule has 0 bridgehead atoms. The van der Waals surface area contributed by atoms with Crippen LogP contribution in [0.1, 0.15) is 139 Å². The van der Waals surface area contributed by atoms with Crippen molar-refractivity contribution in [2.45, 2.75) is 110 Å². The molecule has 0 fully saturated rings. The van der Waals surface area contributed by atoms with Gasteiger partial charge in [0, 0.05) is 67.2 Å². The second-order valence-corrected chi connectivity index (χ2v) is 38.2. The van der Waals surface area contributed by atoms with E-state index in [9.17, 15) is 11.0 Å². The molecule has 17 aromatic carbocycles. The van der Waals surface area contributed by atoms with Gasteiger partial charge in [0.25, 0.3) is 6.71 Å². The van der Waals surface area contributed by atoms with Crippen LogP contribution in [0.5, 0.6) is 0 Å². The molecule has 0 saturated heterocycles. The van der Waals surface area contributed by atoms with Crippen LogP contribution in [-0.4, -0.2) is 11.3 Å². The summed E-state index contributed by atoms with van der Waals surface area (Å²) in [6.07, 6.45) is 0. The molecule has 0 saturated carbocycles. The third-order valence-electron chi connectivity index (χ3n) is 26.6. The highest BCUT2D eigenvalue weighted by Crippen LogP contribution is 2.65. The SMILES string of the molecule is [2H]c1c([2H])c([2H])c2c(c1[2H])c1c([2H])c([2H])c([2H])c([2H])c1n2-c1ccc2c(c1)N(c1c(-c3ccccc3)cc(C(C)(C)C)cc1-c1ccccc1)c1cc(-c3ccc4c(c3)C3(c5ccccc5-c5ccccc53)c3ccccc3N4c3ccccc3)cc3c1B2c1ccc(-c2cc(C(C)(C)C)cc(C(C)(C)C)c2)cc1N3c1c(-c2ccccc2)cc(C(C)(C)C)cc1-c1ccccc1. The van der Waals surface area contributed by atoms with Crippen LogP contribution in [0.3, 0.4) is 0 Å². The largest absolute Gasteiger partial charge is 0.310 e. The van der Waals surface area contributed by atoms with Crippen LogP contribution in [0, 0.1) is 0 Å². The fourth-order valence-corrected chi connectivity index (χ4v) is 20.4. The summed E-state index contributed by atoms with van der Waals surface area (Å²) in [5, 5.41) is -0.000875. The quantitative estimate of drug-likeness (QED) is 0.127. The number of nitrogens with zero attached hydrogens (tertiary/aromatic N) is 4. The number of hydrogen-bond acceptors (Lipinski definition) is 3. The number of hydrogen-bond donors (Lipinski definition) is 0. The van der Waals surface area contributed by atoms with Gasteiger partial charge in [-0.15, -0.1) is 0 Å². The van der Waals surface area contributed by atoms with Gasteiger partial charge in [-0.3, -0.25) is 0 Å². The van der Waals surface area contributed by atoms with E-state index in [1.54, 1.807) is 4.57 Å². The zero-order chi connectivity index (χ0) is 91.4. The number of anilines is 9. The Bertz CT molecular complexity index is 7580. The number of aromatic nitrogens is 1. The van der Waals surface area contributed by atoms with Crippen molar-refractivity contribution in [1.29, 1.82) is 0 Å². The molecule has 18 aromatic rings. The highest BCUT2D eigenvalue weighted by molar-refractivity contribution is 7.00. The third-order valence-corrected chi connectivity index (χ3v) is 26.6. The first-order valence-corrected chi connectivity index (χ1v) is 43.5. The molecule has 124 heavy (non-hydrogen) atoms. The number of rotatable bonds is 10. The van der Waals surface area contributed by atoms with Gasteiger partial charge in [0.2, 0.25) is 0 Å². The standard InChI is InChI=1S/C119H99BN4/c1-115(2,3)84-64-82(65-85(70-84)116(4,5)6)81-58-61-102-108(67-81)123(113-94(76-38-18-13-19-39-76)71-86(117(7,8)9)72-95(113)77-40-20-14-21-41-77)110-68-83(80-59-63-107-101(66-80)119(98-52-32-28-48-90(98)91-49-29-33-53-99(91)119)100-54-34-37-57-106(100)121(107)88-46-26-17-27-47-88)69-111-112(110)120(102)103-62-60-89(122-104-55-35-30-50-92(104)93-51-31-36-56-105(93)122)75-109(103)124(111)114-96(78-42-22-15-23-43-78)73-87(118(10,11)12)74-97(114)79-44-24-16-25-45-79/h13-75H,1-12H3/i30D,31D,35D,36D,50D,51D,55D,56D. The lowest BCUT2D eigenvalue weighted by molar-refractivity contribution is 0.569. The van der Waals surface area contributed by atoms with Crippen LogP contribution in [-0.2, 0) is 27.1 Å². The van der Waals surface area contributed by atoms with E-state index in [1.165, 1.54) is 38.9 Å². The first-order chi connectivity index (χ1) is 63.4. The predicted octanol–water partition coefficient (Wildman–Crippen LogP) is 30.2. The summed E-state index contributed by atoms with van der Waals surface area (Å²) in [7, 11) is 0. The van der Waals surface area contributed by atoms with E-state index in [-0.39, 0.29) is 55.6 Å². The van der Waals surface area contributed by atoms with Gasteiger partial charge in [0.15, 0.2) is 0 Å². The molecule has 0 N–H and O–H groups in total. The van der Waals surface area contributed by atoms with Crippen molar-refractivity contribution in [3.8, 4) is 83.6 Å². The van der Waals surface area contributed by atoms with Crippen molar-refractivity contribution in [1.82, 2.24) is 4.57 Å². The zero-order valence-corrected chi connectivity index (χ0v) is 72.1. The molecule has 1 spiro atoms. The average Bonchev–Trinajstić information content (AvgIpc) is 1.42. The fourth-order valence-electron chi connectivity index (χ4n) is 20.4. The Balaban J connectivity index is 0.965. The maximum Gasteiger partial charge on any atom is 0.252 e. The fraction of sp³-hybridized carbons (Fsp3) is 0.143. The third kappa shape index (κ3) is 12.1. The van der Waals surface area contributed by atoms with Crippen molar-refractivity contribution in [2.75, 3.05) is 14.7 Å². The van der Waals surface area contributed by atoms with Crippen LogP contribution in [0.2, 0.25) is 0 Å². The highest BCUT2D eigenvalue weighted by atomic mass is 15.2. The monoisotopic (exact) mass is 1600 g/mol. The highest BCUT2D eigenvalue weighted by Gasteiger charge is 2.53.